The Morgan fingerprint density at radius 2 is 1.64 bits per heavy atom. The molecule has 1 saturated heterocycles. The molecule has 2 aromatic heterocycles. The zero-order valence-corrected chi connectivity index (χ0v) is 29.8. The average Bonchev–Trinajstić information content (AvgIpc) is 2.94. The summed E-state index contributed by atoms with van der Waals surface area (Å²) in [5, 5.41) is 28.7. The van der Waals surface area contributed by atoms with Gasteiger partial charge in [-0.1, -0.05) is 0 Å². The molecule has 15 heteroatoms. The molecule has 5 N–H and O–H groups in total. The molecular weight excluding hydrogens is 752 g/mol. The first-order valence-electron chi connectivity index (χ1n) is 5.69. The molecule has 0 aliphatic carbocycles. The number of ether oxygens (including phenoxy) is 1. The molecule has 3 rings (SSSR count). The molecule has 0 saturated carbocycles. The van der Waals surface area contributed by atoms with Crippen molar-refractivity contribution in [1.29, 1.82) is 0 Å². The van der Waals surface area contributed by atoms with Crippen molar-refractivity contribution >= 4 is 17.0 Å². The molecule has 0 spiro atoms. The third-order valence-corrected chi connectivity index (χ3v) is 3.18. The summed E-state index contributed by atoms with van der Waals surface area (Å²) >= 11 is 0. The van der Waals surface area contributed by atoms with Crippen molar-refractivity contribution < 1.29 is 246 Å². The second-order valence-corrected chi connectivity index (χ2v) is 4.31. The van der Waals surface area contributed by atoms with Gasteiger partial charge in [0.25, 0.3) is 0 Å². The molecule has 1 fully saturated rings. The van der Waals surface area contributed by atoms with Crippen molar-refractivity contribution in [2.24, 2.45) is 0 Å². The van der Waals surface area contributed by atoms with Gasteiger partial charge in [-0.2, -0.15) is 0 Å². The quantitative estimate of drug-likeness (QED) is 0.175. The standard InChI is InChI=1S/C10H13N5O4.3HI.3K/c11-8-5-9(13-2-12-8)15(3-14-5)10-7(18)6(17)4(1-16)19-10;;;;;;/h2-4,6-7,10,16-18H,1H2,(H2,11,12,13);3*1H;;;/q;;;;3*+1/p-3/t4-,6-,7-,10-;;;;;;/m1....../s1. The molecule has 0 bridgehead atoms. The maximum atomic E-state index is 9.95. The fourth-order valence-corrected chi connectivity index (χ4v) is 2.17. The predicted octanol–water partition coefficient (Wildman–Crippen LogP) is -20.0. The number of aliphatic hydroxyl groups excluding tert-OH is 3. The minimum absolute atomic E-state index is 0. The van der Waals surface area contributed by atoms with Gasteiger partial charge in [-0.3, -0.25) is 4.57 Å². The van der Waals surface area contributed by atoms with Crippen molar-refractivity contribution in [1.82, 2.24) is 19.5 Å². The molecule has 9 nitrogen and oxygen atoms in total. The second-order valence-electron chi connectivity index (χ2n) is 4.31. The van der Waals surface area contributed by atoms with E-state index in [9.17, 15) is 10.2 Å². The van der Waals surface area contributed by atoms with Gasteiger partial charge >= 0.3 is 154 Å². The number of nitrogens with zero attached hydrogens (tertiary/aromatic N) is 4. The van der Waals surface area contributed by atoms with Gasteiger partial charge in [0.05, 0.1) is 12.9 Å². The first kappa shape index (κ1) is 37.6. The van der Waals surface area contributed by atoms with Gasteiger partial charge in [0.15, 0.2) is 17.7 Å². The van der Waals surface area contributed by atoms with E-state index in [0.717, 1.165) is 0 Å². The van der Waals surface area contributed by atoms with Gasteiger partial charge in [0.1, 0.15) is 30.2 Å². The normalized spacial score (nSPS) is 23.6. The molecule has 126 valence electrons. The summed E-state index contributed by atoms with van der Waals surface area (Å²) in [5.74, 6) is 0.218. The van der Waals surface area contributed by atoms with Crippen LogP contribution in [0.3, 0.4) is 0 Å². The Kier molecular flexibility index (Phi) is 26.8. The number of nitrogens with two attached hydrogens (primary N) is 1. The molecular formula is C10H13I3K3N5O4. The molecule has 1 aliphatic heterocycles. The number of imidazole rings is 1. The second kappa shape index (κ2) is 17.8. The van der Waals surface area contributed by atoms with Gasteiger partial charge < -0.3 is 97.7 Å². The van der Waals surface area contributed by atoms with Gasteiger partial charge in [-0.05, 0) is 0 Å². The molecule has 0 unspecified atom stereocenters. The van der Waals surface area contributed by atoms with Crippen molar-refractivity contribution in [2.75, 3.05) is 12.3 Å². The van der Waals surface area contributed by atoms with E-state index in [0.29, 0.717) is 11.2 Å². The van der Waals surface area contributed by atoms with Crippen molar-refractivity contribution in [2.45, 2.75) is 24.5 Å². The number of rotatable bonds is 2. The molecule has 0 aromatic carbocycles. The summed E-state index contributed by atoms with van der Waals surface area (Å²) in [6.45, 7) is -0.390. The average molecular weight is 765 g/mol. The maximum Gasteiger partial charge on any atom is 1.00 e. The van der Waals surface area contributed by atoms with Crippen molar-refractivity contribution in [3.8, 4) is 0 Å². The summed E-state index contributed by atoms with van der Waals surface area (Å²) in [4.78, 5) is 11.9. The predicted molar refractivity (Wildman–Crippen MR) is 62.7 cm³/mol. The maximum absolute atomic E-state index is 9.95. The largest absolute Gasteiger partial charge is 1.00 e. The van der Waals surface area contributed by atoms with E-state index in [-0.39, 0.29) is 232 Å². The molecule has 1 aliphatic rings. The number of nitrogen functional groups attached to an aromatic ring is 1. The SMILES string of the molecule is Nc1ncnc2c1ncn2[C@@H]1O[C@H](CO)[C@@H](O)[C@H]1O.[I-].[I-].[I-].[K+].[K+].[K+]. The number of hydrogen-bond acceptors (Lipinski definition) is 8. The Bertz CT molecular complexity index is 628. The zero-order valence-electron chi connectivity index (χ0n) is 13.9. The molecule has 0 radical (unpaired) electrons. The van der Waals surface area contributed by atoms with Crippen molar-refractivity contribution in [3.63, 3.8) is 0 Å². The smallest absolute Gasteiger partial charge is 1.00 e. The topological polar surface area (TPSA) is 140 Å². The van der Waals surface area contributed by atoms with Crippen molar-refractivity contribution in [3.05, 3.63) is 12.7 Å². The number of halogens is 3. The Balaban J connectivity index is -0.000000367. The van der Waals surface area contributed by atoms with Crippen LogP contribution in [0.15, 0.2) is 12.7 Å². The van der Waals surface area contributed by atoms with Crippen LogP contribution >= 0.6 is 0 Å². The van der Waals surface area contributed by atoms with E-state index in [1.165, 1.54) is 17.2 Å². The Morgan fingerprint density at radius 3 is 2.16 bits per heavy atom. The molecule has 2 aromatic rings. The zero-order chi connectivity index (χ0) is 13.6. The molecule has 25 heavy (non-hydrogen) atoms. The molecule has 3 heterocycles. The summed E-state index contributed by atoms with van der Waals surface area (Å²) in [7, 11) is 0. The summed E-state index contributed by atoms with van der Waals surface area (Å²) in [5.41, 5.74) is 6.44. The summed E-state index contributed by atoms with van der Waals surface area (Å²) in [6, 6.07) is 0. The van der Waals surface area contributed by atoms with E-state index >= 15 is 0 Å². The van der Waals surface area contributed by atoms with Crippen LogP contribution in [0.1, 0.15) is 6.23 Å². The first-order chi connectivity index (χ1) is 9.13. The number of aliphatic hydroxyl groups is 3. The van der Waals surface area contributed by atoms with Crippen LogP contribution in [0.2, 0.25) is 0 Å². The summed E-state index contributed by atoms with van der Waals surface area (Å²) in [6.07, 6.45) is -1.42. The van der Waals surface area contributed by atoms with Crippen LogP contribution in [-0.2, 0) is 4.74 Å². The fraction of sp³-hybridized carbons (Fsp3) is 0.500. The Hall–Kier alpha value is 5.29. The Morgan fingerprint density at radius 1 is 1.04 bits per heavy atom. The van der Waals surface area contributed by atoms with E-state index < -0.39 is 31.1 Å². The molecule has 0 amide bonds. The van der Waals surface area contributed by atoms with Crippen LogP contribution in [0, 0.1) is 0 Å². The number of fused-ring (bicyclic) bond motifs is 1. The third-order valence-electron chi connectivity index (χ3n) is 3.18. The Labute approximate surface area is 323 Å². The minimum Gasteiger partial charge on any atom is -1.00 e. The molecule has 4 atom stereocenters. The van der Waals surface area contributed by atoms with Crippen LogP contribution in [0.5, 0.6) is 0 Å². The van der Waals surface area contributed by atoms with Gasteiger partial charge in [0.2, 0.25) is 0 Å². The van der Waals surface area contributed by atoms with Crippen LogP contribution in [-0.4, -0.2) is 59.8 Å². The van der Waals surface area contributed by atoms with Crippen LogP contribution in [0.25, 0.3) is 11.2 Å². The summed E-state index contributed by atoms with van der Waals surface area (Å²) < 4.78 is 6.85. The van der Waals surface area contributed by atoms with E-state index in [4.69, 9.17) is 15.6 Å². The minimum atomic E-state index is -1.19. The van der Waals surface area contributed by atoms with E-state index in [1.807, 2.05) is 0 Å². The number of aromatic nitrogens is 4. The van der Waals surface area contributed by atoms with Crippen LogP contribution < -0.4 is 232 Å². The van der Waals surface area contributed by atoms with E-state index in [2.05, 4.69) is 15.0 Å². The number of hydrogen-bond donors (Lipinski definition) is 4. The number of anilines is 1. The third kappa shape index (κ3) is 8.62. The first-order valence-corrected chi connectivity index (χ1v) is 5.69. The van der Waals surface area contributed by atoms with Gasteiger partial charge in [-0.15, -0.1) is 0 Å². The monoisotopic (exact) mass is 765 g/mol. The van der Waals surface area contributed by atoms with Crippen LogP contribution in [0.4, 0.5) is 5.82 Å². The van der Waals surface area contributed by atoms with Gasteiger partial charge in [-0.25, -0.2) is 15.0 Å². The van der Waals surface area contributed by atoms with Gasteiger partial charge in [0, 0.05) is 0 Å². The fourth-order valence-electron chi connectivity index (χ4n) is 2.17. The van der Waals surface area contributed by atoms with E-state index in [1.54, 1.807) is 0 Å².